The van der Waals surface area contributed by atoms with Crippen molar-refractivity contribution in [2.75, 3.05) is 13.7 Å². The first-order valence-corrected chi connectivity index (χ1v) is 6.86. The van der Waals surface area contributed by atoms with Gasteiger partial charge in [-0.25, -0.2) is 0 Å². The van der Waals surface area contributed by atoms with Crippen LogP contribution in [-0.4, -0.2) is 19.6 Å². The molecule has 1 aromatic carbocycles. The number of benzene rings is 1. The Morgan fingerprint density at radius 2 is 1.90 bits per heavy atom. The highest BCUT2D eigenvalue weighted by molar-refractivity contribution is 5.85. The van der Waals surface area contributed by atoms with Crippen LogP contribution < -0.4 is 15.8 Å². The number of hydrogen-bond acceptors (Lipinski definition) is 3. The summed E-state index contributed by atoms with van der Waals surface area (Å²) in [4.78, 5) is 11.7. The van der Waals surface area contributed by atoms with E-state index < -0.39 is 0 Å². The first-order valence-electron chi connectivity index (χ1n) is 6.86. The van der Waals surface area contributed by atoms with Gasteiger partial charge in [0.25, 0.3) is 0 Å². The molecule has 5 heteroatoms. The lowest BCUT2D eigenvalue weighted by atomic mass is 10.1. The maximum Gasteiger partial charge on any atom is 0.220 e. The molecule has 0 bridgehead atoms. The van der Waals surface area contributed by atoms with E-state index in [0.29, 0.717) is 13.0 Å². The predicted molar refractivity (Wildman–Crippen MR) is 84.2 cm³/mol. The Labute approximate surface area is 127 Å². The zero-order valence-corrected chi connectivity index (χ0v) is 12.9. The minimum absolute atomic E-state index is 0. The minimum atomic E-state index is 0. The van der Waals surface area contributed by atoms with Gasteiger partial charge in [0, 0.05) is 18.5 Å². The van der Waals surface area contributed by atoms with E-state index >= 15 is 0 Å². The fraction of sp³-hybridized carbons (Fsp3) is 0.533. The minimum Gasteiger partial charge on any atom is -0.496 e. The third-order valence-corrected chi connectivity index (χ3v) is 3.03. The van der Waals surface area contributed by atoms with E-state index in [9.17, 15) is 4.79 Å². The van der Waals surface area contributed by atoms with Gasteiger partial charge in [-0.05, 0) is 25.5 Å². The van der Waals surface area contributed by atoms with Crippen LogP contribution in [0.15, 0.2) is 24.3 Å². The molecule has 0 aromatic heterocycles. The summed E-state index contributed by atoms with van der Waals surface area (Å²) in [6.07, 6.45) is 4.73. The Morgan fingerprint density at radius 1 is 1.20 bits per heavy atom. The molecule has 1 rings (SSSR count). The fourth-order valence-electron chi connectivity index (χ4n) is 1.91. The van der Waals surface area contributed by atoms with E-state index in [0.717, 1.165) is 43.5 Å². The summed E-state index contributed by atoms with van der Waals surface area (Å²) in [5.74, 6) is 0.907. The number of carbonyl (C=O) groups is 1. The zero-order valence-electron chi connectivity index (χ0n) is 12.1. The molecule has 0 atom stereocenters. The largest absolute Gasteiger partial charge is 0.496 e. The number of amides is 1. The van der Waals surface area contributed by atoms with Crippen LogP contribution in [0.5, 0.6) is 5.75 Å². The molecule has 0 unspecified atom stereocenters. The van der Waals surface area contributed by atoms with Gasteiger partial charge in [-0.2, -0.15) is 0 Å². The van der Waals surface area contributed by atoms with Crippen molar-refractivity contribution in [3.63, 3.8) is 0 Å². The van der Waals surface area contributed by atoms with Crippen molar-refractivity contribution in [2.45, 2.75) is 38.6 Å². The number of rotatable bonds is 9. The Hall–Kier alpha value is -1.26. The standard InChI is InChI=1S/C15H24N2O2.ClH/c1-19-14-9-6-5-8-13(14)12-17-15(18)10-4-2-3-7-11-16;/h5-6,8-9H,2-4,7,10-12,16H2,1H3,(H,17,18);1H. The summed E-state index contributed by atoms with van der Waals surface area (Å²) in [5.41, 5.74) is 6.42. The van der Waals surface area contributed by atoms with Crippen molar-refractivity contribution < 1.29 is 9.53 Å². The number of unbranched alkanes of at least 4 members (excludes halogenated alkanes) is 3. The monoisotopic (exact) mass is 300 g/mol. The summed E-state index contributed by atoms with van der Waals surface area (Å²) >= 11 is 0. The third-order valence-electron chi connectivity index (χ3n) is 3.03. The molecule has 0 aliphatic heterocycles. The lowest BCUT2D eigenvalue weighted by Crippen LogP contribution is -2.22. The molecule has 0 aliphatic rings. The van der Waals surface area contributed by atoms with E-state index in [-0.39, 0.29) is 18.3 Å². The van der Waals surface area contributed by atoms with E-state index in [1.54, 1.807) is 7.11 Å². The van der Waals surface area contributed by atoms with Crippen LogP contribution in [0.2, 0.25) is 0 Å². The van der Waals surface area contributed by atoms with E-state index in [4.69, 9.17) is 10.5 Å². The second-order valence-electron chi connectivity index (χ2n) is 4.54. The maximum absolute atomic E-state index is 11.7. The number of nitrogens with two attached hydrogens (primary N) is 1. The molecular weight excluding hydrogens is 276 g/mol. The van der Waals surface area contributed by atoms with Gasteiger partial charge < -0.3 is 15.8 Å². The van der Waals surface area contributed by atoms with Crippen molar-refractivity contribution in [3.8, 4) is 5.75 Å². The first-order chi connectivity index (χ1) is 9.27. The van der Waals surface area contributed by atoms with Crippen LogP contribution in [0.4, 0.5) is 0 Å². The van der Waals surface area contributed by atoms with Gasteiger partial charge in [-0.3, -0.25) is 4.79 Å². The van der Waals surface area contributed by atoms with Crippen LogP contribution in [0.3, 0.4) is 0 Å². The molecule has 114 valence electrons. The smallest absolute Gasteiger partial charge is 0.220 e. The van der Waals surface area contributed by atoms with Crippen LogP contribution in [0.1, 0.15) is 37.7 Å². The summed E-state index contributed by atoms with van der Waals surface area (Å²) in [6.45, 7) is 1.26. The average molecular weight is 301 g/mol. The highest BCUT2D eigenvalue weighted by Gasteiger charge is 2.04. The second-order valence-corrected chi connectivity index (χ2v) is 4.54. The number of hydrogen-bond donors (Lipinski definition) is 2. The summed E-state index contributed by atoms with van der Waals surface area (Å²) in [6, 6.07) is 7.72. The van der Waals surface area contributed by atoms with Crippen molar-refractivity contribution in [3.05, 3.63) is 29.8 Å². The quantitative estimate of drug-likeness (QED) is 0.689. The number of para-hydroxylation sites is 1. The fourth-order valence-corrected chi connectivity index (χ4v) is 1.91. The lowest BCUT2D eigenvalue weighted by Gasteiger charge is -2.09. The number of methoxy groups -OCH3 is 1. The highest BCUT2D eigenvalue weighted by Crippen LogP contribution is 2.16. The van der Waals surface area contributed by atoms with Gasteiger partial charge in [0.2, 0.25) is 5.91 Å². The highest BCUT2D eigenvalue weighted by atomic mass is 35.5. The van der Waals surface area contributed by atoms with Gasteiger partial charge in [-0.1, -0.05) is 31.0 Å². The van der Waals surface area contributed by atoms with Crippen LogP contribution in [0.25, 0.3) is 0 Å². The van der Waals surface area contributed by atoms with Crippen molar-refractivity contribution in [1.29, 1.82) is 0 Å². The maximum atomic E-state index is 11.7. The molecule has 0 saturated carbocycles. The van der Waals surface area contributed by atoms with E-state index in [2.05, 4.69) is 5.32 Å². The molecule has 0 heterocycles. The van der Waals surface area contributed by atoms with E-state index in [1.807, 2.05) is 24.3 Å². The molecule has 0 saturated heterocycles. The molecule has 3 N–H and O–H groups in total. The number of nitrogens with one attached hydrogen (secondary N) is 1. The average Bonchev–Trinajstić information content (AvgIpc) is 2.45. The molecular formula is C15H25ClN2O2. The molecule has 0 spiro atoms. The van der Waals surface area contributed by atoms with Crippen molar-refractivity contribution in [1.82, 2.24) is 5.32 Å². The van der Waals surface area contributed by atoms with Crippen molar-refractivity contribution in [2.24, 2.45) is 5.73 Å². The molecule has 1 aromatic rings. The molecule has 1 amide bonds. The SMILES string of the molecule is COc1ccccc1CNC(=O)CCCCCCN.Cl. The first kappa shape index (κ1) is 18.7. The Bertz CT molecular complexity index is 386. The Kier molecular flexibility index (Phi) is 10.8. The Balaban J connectivity index is 0.00000361. The van der Waals surface area contributed by atoms with Crippen LogP contribution >= 0.6 is 12.4 Å². The van der Waals surface area contributed by atoms with Gasteiger partial charge in [-0.15, -0.1) is 12.4 Å². The molecule has 20 heavy (non-hydrogen) atoms. The third kappa shape index (κ3) is 7.36. The Morgan fingerprint density at radius 3 is 2.60 bits per heavy atom. The van der Waals surface area contributed by atoms with Gasteiger partial charge in [0.1, 0.15) is 5.75 Å². The van der Waals surface area contributed by atoms with Crippen LogP contribution in [-0.2, 0) is 11.3 Å². The summed E-state index contributed by atoms with van der Waals surface area (Å²) < 4.78 is 5.24. The van der Waals surface area contributed by atoms with E-state index in [1.165, 1.54) is 0 Å². The molecule has 0 radical (unpaired) electrons. The summed E-state index contributed by atoms with van der Waals surface area (Å²) in [7, 11) is 1.64. The van der Waals surface area contributed by atoms with Gasteiger partial charge >= 0.3 is 0 Å². The van der Waals surface area contributed by atoms with Gasteiger partial charge in [0.05, 0.1) is 7.11 Å². The topological polar surface area (TPSA) is 64.3 Å². The summed E-state index contributed by atoms with van der Waals surface area (Å²) in [5, 5.41) is 2.92. The zero-order chi connectivity index (χ0) is 13.9. The predicted octanol–water partition coefficient (Wildman–Crippen LogP) is 2.64. The number of halogens is 1. The molecule has 0 fully saturated rings. The number of carbonyl (C=O) groups excluding carboxylic acids is 1. The normalized spacial score (nSPS) is 9.70. The number of ether oxygens (including phenoxy) is 1. The molecule has 0 aliphatic carbocycles. The second kappa shape index (κ2) is 11.6. The van der Waals surface area contributed by atoms with Gasteiger partial charge in [0.15, 0.2) is 0 Å². The molecule has 4 nitrogen and oxygen atoms in total. The lowest BCUT2D eigenvalue weighted by molar-refractivity contribution is -0.121. The van der Waals surface area contributed by atoms with Crippen LogP contribution in [0, 0.1) is 0 Å². The van der Waals surface area contributed by atoms with Crippen molar-refractivity contribution >= 4 is 18.3 Å².